The molecule has 1 aliphatic rings. The van der Waals surface area contributed by atoms with Gasteiger partial charge in [0.15, 0.2) is 0 Å². The van der Waals surface area contributed by atoms with Crippen LogP contribution in [0.3, 0.4) is 0 Å². The zero-order valence-electron chi connectivity index (χ0n) is 9.78. The van der Waals surface area contributed by atoms with Crippen LogP contribution in [0.2, 0.25) is 0 Å². The normalized spacial score (nSPS) is 18.9. The first-order valence-corrected chi connectivity index (χ1v) is 6.73. The first-order chi connectivity index (χ1) is 7.47. The molecule has 0 aromatic carbocycles. The predicted molar refractivity (Wildman–Crippen MR) is 64.5 cm³/mol. The number of thioether (sulfide) groups is 1. The Bertz CT molecular complexity index is 276. The molecule has 0 aromatic heterocycles. The van der Waals surface area contributed by atoms with Gasteiger partial charge in [-0.1, -0.05) is 6.92 Å². The fourth-order valence-electron chi connectivity index (χ4n) is 1.61. The van der Waals surface area contributed by atoms with E-state index in [0.717, 1.165) is 0 Å². The van der Waals surface area contributed by atoms with Crippen LogP contribution in [0, 0.1) is 5.92 Å². The number of hydrogen-bond acceptors (Lipinski definition) is 3. The number of carboxylic acids is 1. The van der Waals surface area contributed by atoms with E-state index in [0.29, 0.717) is 13.0 Å². The third-order valence-corrected chi connectivity index (χ3v) is 4.32. The lowest BCUT2D eigenvalue weighted by Gasteiger charge is -2.14. The van der Waals surface area contributed by atoms with Crippen molar-refractivity contribution in [2.75, 3.05) is 12.8 Å². The summed E-state index contributed by atoms with van der Waals surface area (Å²) in [5.74, 6) is -0.973. The maximum atomic E-state index is 11.5. The summed E-state index contributed by atoms with van der Waals surface area (Å²) in [5.41, 5.74) is 0. The van der Waals surface area contributed by atoms with Gasteiger partial charge in [0.1, 0.15) is 0 Å². The highest BCUT2D eigenvalue weighted by atomic mass is 32.2. The standard InChI is InChI=1S/C11H19NO3S/c1-8(6-10(14)15)5-9(13)12-7-11(16-2)3-4-11/h8H,3-7H2,1-2H3,(H,12,13)(H,14,15). The Morgan fingerprint density at radius 1 is 1.44 bits per heavy atom. The van der Waals surface area contributed by atoms with Crippen molar-refractivity contribution < 1.29 is 14.7 Å². The molecular weight excluding hydrogens is 226 g/mol. The smallest absolute Gasteiger partial charge is 0.303 e. The molecule has 1 amide bonds. The number of carbonyl (C=O) groups is 2. The Labute approximate surface area is 100 Å². The number of hydrogen-bond donors (Lipinski definition) is 2. The quantitative estimate of drug-likeness (QED) is 0.713. The van der Waals surface area contributed by atoms with Gasteiger partial charge < -0.3 is 10.4 Å². The van der Waals surface area contributed by atoms with Gasteiger partial charge in [0.2, 0.25) is 5.91 Å². The van der Waals surface area contributed by atoms with Crippen molar-refractivity contribution in [3.05, 3.63) is 0 Å². The van der Waals surface area contributed by atoms with Crippen LogP contribution < -0.4 is 5.32 Å². The SMILES string of the molecule is CSC1(CNC(=O)CC(C)CC(=O)O)CC1. The molecule has 4 nitrogen and oxygen atoms in total. The van der Waals surface area contributed by atoms with Gasteiger partial charge >= 0.3 is 5.97 Å². The monoisotopic (exact) mass is 245 g/mol. The number of rotatable bonds is 7. The Kier molecular flexibility index (Phi) is 4.65. The van der Waals surface area contributed by atoms with Crippen molar-refractivity contribution >= 4 is 23.6 Å². The van der Waals surface area contributed by atoms with E-state index in [4.69, 9.17) is 5.11 Å². The first-order valence-electron chi connectivity index (χ1n) is 5.51. The second kappa shape index (κ2) is 5.57. The summed E-state index contributed by atoms with van der Waals surface area (Å²) in [6.07, 6.45) is 4.75. The summed E-state index contributed by atoms with van der Waals surface area (Å²) >= 11 is 1.80. The average Bonchev–Trinajstić information content (AvgIpc) is 2.94. The van der Waals surface area contributed by atoms with Gasteiger partial charge in [-0.25, -0.2) is 0 Å². The Morgan fingerprint density at radius 2 is 2.06 bits per heavy atom. The molecule has 1 saturated carbocycles. The highest BCUT2D eigenvalue weighted by Gasteiger charge is 2.41. The number of nitrogens with one attached hydrogen (secondary N) is 1. The summed E-state index contributed by atoms with van der Waals surface area (Å²) in [4.78, 5) is 21.9. The van der Waals surface area contributed by atoms with Gasteiger partial charge in [-0.3, -0.25) is 9.59 Å². The predicted octanol–water partition coefficient (Wildman–Crippen LogP) is 1.50. The second-order valence-electron chi connectivity index (χ2n) is 4.57. The van der Waals surface area contributed by atoms with Crippen LogP contribution in [0.15, 0.2) is 0 Å². The van der Waals surface area contributed by atoms with Gasteiger partial charge in [-0.2, -0.15) is 11.8 Å². The Balaban J connectivity index is 2.18. The van der Waals surface area contributed by atoms with Crippen molar-refractivity contribution in [2.24, 2.45) is 5.92 Å². The molecule has 0 aliphatic heterocycles. The lowest BCUT2D eigenvalue weighted by molar-refractivity contribution is -0.138. The van der Waals surface area contributed by atoms with Gasteiger partial charge in [0.25, 0.3) is 0 Å². The lowest BCUT2D eigenvalue weighted by Crippen LogP contribution is -2.32. The second-order valence-corrected chi connectivity index (χ2v) is 5.85. The minimum Gasteiger partial charge on any atom is -0.481 e. The average molecular weight is 245 g/mol. The molecule has 1 aliphatic carbocycles. The molecular formula is C11H19NO3S. The van der Waals surface area contributed by atoms with Gasteiger partial charge in [0.05, 0.1) is 0 Å². The molecule has 1 atom stereocenters. The fraction of sp³-hybridized carbons (Fsp3) is 0.818. The van der Waals surface area contributed by atoms with E-state index >= 15 is 0 Å². The van der Waals surface area contributed by atoms with Crippen LogP contribution in [0.1, 0.15) is 32.6 Å². The summed E-state index contributed by atoms with van der Waals surface area (Å²) in [6, 6.07) is 0. The molecule has 0 spiro atoms. The molecule has 2 N–H and O–H groups in total. The highest BCUT2D eigenvalue weighted by Crippen LogP contribution is 2.46. The van der Waals surface area contributed by atoms with Crippen molar-refractivity contribution in [3.63, 3.8) is 0 Å². The molecule has 0 radical (unpaired) electrons. The number of carbonyl (C=O) groups excluding carboxylic acids is 1. The summed E-state index contributed by atoms with van der Waals surface area (Å²) < 4.78 is 0.270. The molecule has 5 heteroatoms. The van der Waals surface area contributed by atoms with E-state index in [9.17, 15) is 9.59 Å². The van der Waals surface area contributed by atoms with E-state index in [1.54, 1.807) is 18.7 Å². The zero-order chi connectivity index (χ0) is 12.2. The van der Waals surface area contributed by atoms with Crippen molar-refractivity contribution in [1.29, 1.82) is 0 Å². The maximum absolute atomic E-state index is 11.5. The summed E-state index contributed by atoms with van der Waals surface area (Å²) in [7, 11) is 0. The largest absolute Gasteiger partial charge is 0.481 e. The van der Waals surface area contributed by atoms with Crippen LogP contribution >= 0.6 is 11.8 Å². The van der Waals surface area contributed by atoms with E-state index in [1.807, 2.05) is 0 Å². The molecule has 0 heterocycles. The molecule has 1 rings (SSSR count). The van der Waals surface area contributed by atoms with Gasteiger partial charge in [-0.05, 0) is 25.0 Å². The van der Waals surface area contributed by atoms with Crippen LogP contribution in [-0.2, 0) is 9.59 Å². The molecule has 0 aromatic rings. The topological polar surface area (TPSA) is 66.4 Å². The molecule has 0 saturated heterocycles. The molecule has 1 fully saturated rings. The Morgan fingerprint density at radius 3 is 2.50 bits per heavy atom. The van der Waals surface area contributed by atoms with E-state index in [-0.39, 0.29) is 23.0 Å². The zero-order valence-corrected chi connectivity index (χ0v) is 10.6. The minimum atomic E-state index is -0.844. The first kappa shape index (κ1) is 13.4. The Hall–Kier alpha value is -0.710. The van der Waals surface area contributed by atoms with Gasteiger partial charge in [-0.15, -0.1) is 0 Å². The number of aliphatic carboxylic acids is 1. The fourth-order valence-corrected chi connectivity index (χ4v) is 2.34. The molecule has 92 valence electrons. The number of carboxylic acid groups (broad SMARTS) is 1. The van der Waals surface area contributed by atoms with Crippen molar-refractivity contribution in [2.45, 2.75) is 37.4 Å². The third kappa shape index (κ3) is 4.43. The molecule has 0 bridgehead atoms. The third-order valence-electron chi connectivity index (χ3n) is 2.91. The highest BCUT2D eigenvalue weighted by molar-refractivity contribution is 8.00. The molecule has 16 heavy (non-hydrogen) atoms. The van der Waals surface area contributed by atoms with Crippen LogP contribution in [-0.4, -0.2) is 34.5 Å². The number of amides is 1. The van der Waals surface area contributed by atoms with Crippen LogP contribution in [0.25, 0.3) is 0 Å². The van der Waals surface area contributed by atoms with E-state index < -0.39 is 5.97 Å². The van der Waals surface area contributed by atoms with Gasteiger partial charge in [0, 0.05) is 24.1 Å². The van der Waals surface area contributed by atoms with Crippen molar-refractivity contribution in [3.8, 4) is 0 Å². The van der Waals surface area contributed by atoms with E-state index in [1.165, 1.54) is 12.8 Å². The molecule has 1 unspecified atom stereocenters. The lowest BCUT2D eigenvalue weighted by atomic mass is 10.0. The van der Waals surface area contributed by atoms with Crippen LogP contribution in [0.5, 0.6) is 0 Å². The minimum absolute atomic E-state index is 0.0333. The van der Waals surface area contributed by atoms with E-state index in [2.05, 4.69) is 11.6 Å². The summed E-state index contributed by atoms with van der Waals surface area (Å²) in [6.45, 7) is 2.50. The van der Waals surface area contributed by atoms with Crippen LogP contribution in [0.4, 0.5) is 0 Å². The maximum Gasteiger partial charge on any atom is 0.303 e. The van der Waals surface area contributed by atoms with Crippen molar-refractivity contribution in [1.82, 2.24) is 5.32 Å². The summed E-state index contributed by atoms with van der Waals surface area (Å²) in [5, 5.41) is 11.5.